The number of fused-ring (bicyclic) bond motifs is 1. The van der Waals surface area contributed by atoms with Gasteiger partial charge in [0.2, 0.25) is 0 Å². The summed E-state index contributed by atoms with van der Waals surface area (Å²) < 4.78 is 0. The average Bonchev–Trinajstić information content (AvgIpc) is 2.87. The van der Waals surface area contributed by atoms with Crippen LogP contribution in [-0.2, 0) is 0 Å². The third-order valence-electron chi connectivity index (χ3n) is 2.64. The highest BCUT2D eigenvalue weighted by Crippen LogP contribution is 2.14. The molecule has 3 rings (SSSR count). The molecule has 0 aliphatic heterocycles. The van der Waals surface area contributed by atoms with Gasteiger partial charge in [-0.25, -0.2) is 0 Å². The van der Waals surface area contributed by atoms with Crippen molar-refractivity contribution in [2.24, 2.45) is 0 Å². The topological polar surface area (TPSA) is 70.7 Å². The van der Waals surface area contributed by atoms with Crippen LogP contribution in [0.25, 0.3) is 10.9 Å². The summed E-state index contributed by atoms with van der Waals surface area (Å²) in [6, 6.07) is 8.89. The smallest absolute Gasteiger partial charge is 0.255 e. The standard InChI is InChI=1S/C13H10N4O/c18-13(16-11-3-5-14-6-4-11)9-1-2-12-10(7-9)8-15-17-12/h1-8H,(H,15,17)(H,14,16,18). The zero-order chi connectivity index (χ0) is 12.4. The fourth-order valence-corrected chi connectivity index (χ4v) is 1.72. The van der Waals surface area contributed by atoms with Gasteiger partial charge >= 0.3 is 0 Å². The zero-order valence-corrected chi connectivity index (χ0v) is 9.42. The molecule has 5 nitrogen and oxygen atoms in total. The highest BCUT2D eigenvalue weighted by atomic mass is 16.1. The number of hydrogen-bond donors (Lipinski definition) is 2. The van der Waals surface area contributed by atoms with Crippen molar-refractivity contribution in [3.05, 3.63) is 54.5 Å². The Morgan fingerprint density at radius 3 is 2.83 bits per heavy atom. The SMILES string of the molecule is O=C(Nc1ccncc1)c1ccc2[nH]ncc2c1. The normalized spacial score (nSPS) is 10.4. The highest BCUT2D eigenvalue weighted by molar-refractivity contribution is 6.06. The van der Waals surface area contributed by atoms with Crippen molar-refractivity contribution in [2.75, 3.05) is 5.32 Å². The van der Waals surface area contributed by atoms with Crippen LogP contribution in [0.5, 0.6) is 0 Å². The minimum atomic E-state index is -0.149. The van der Waals surface area contributed by atoms with Crippen molar-refractivity contribution in [3.63, 3.8) is 0 Å². The Bertz CT molecular complexity index is 690. The van der Waals surface area contributed by atoms with Gasteiger partial charge in [0.15, 0.2) is 0 Å². The molecular weight excluding hydrogens is 228 g/mol. The van der Waals surface area contributed by atoms with E-state index in [1.807, 2.05) is 6.07 Å². The molecule has 0 radical (unpaired) electrons. The Morgan fingerprint density at radius 2 is 2.00 bits per heavy atom. The molecule has 0 atom stereocenters. The van der Waals surface area contributed by atoms with Gasteiger partial charge in [-0.05, 0) is 30.3 Å². The molecule has 0 saturated heterocycles. The minimum absolute atomic E-state index is 0.149. The predicted molar refractivity (Wildman–Crippen MR) is 68.3 cm³/mol. The predicted octanol–water partition coefficient (Wildman–Crippen LogP) is 2.21. The maximum absolute atomic E-state index is 12.0. The molecule has 88 valence electrons. The van der Waals surface area contributed by atoms with Crippen molar-refractivity contribution in [2.45, 2.75) is 0 Å². The Morgan fingerprint density at radius 1 is 1.17 bits per heavy atom. The Labute approximate surface area is 103 Å². The molecular formula is C13H10N4O. The highest BCUT2D eigenvalue weighted by Gasteiger charge is 2.07. The molecule has 2 heterocycles. The van der Waals surface area contributed by atoms with E-state index in [9.17, 15) is 4.79 Å². The lowest BCUT2D eigenvalue weighted by molar-refractivity contribution is 0.102. The number of hydrogen-bond acceptors (Lipinski definition) is 3. The molecule has 0 saturated carbocycles. The molecule has 0 aliphatic carbocycles. The van der Waals surface area contributed by atoms with Gasteiger partial charge < -0.3 is 5.32 Å². The molecule has 2 N–H and O–H groups in total. The maximum atomic E-state index is 12.0. The first-order valence-electron chi connectivity index (χ1n) is 5.47. The summed E-state index contributed by atoms with van der Waals surface area (Å²) in [4.78, 5) is 15.9. The van der Waals surface area contributed by atoms with Crippen LogP contribution in [-0.4, -0.2) is 21.1 Å². The lowest BCUT2D eigenvalue weighted by atomic mass is 10.1. The van der Waals surface area contributed by atoms with Crippen molar-refractivity contribution in [1.29, 1.82) is 0 Å². The molecule has 1 aromatic carbocycles. The quantitative estimate of drug-likeness (QED) is 0.719. The number of carbonyl (C=O) groups excluding carboxylic acids is 1. The van der Waals surface area contributed by atoms with E-state index in [1.54, 1.807) is 42.9 Å². The number of carbonyl (C=O) groups is 1. The number of rotatable bonds is 2. The van der Waals surface area contributed by atoms with E-state index in [1.165, 1.54) is 0 Å². The second kappa shape index (κ2) is 4.29. The van der Waals surface area contributed by atoms with E-state index < -0.39 is 0 Å². The average molecular weight is 238 g/mol. The van der Waals surface area contributed by atoms with Gasteiger partial charge in [0.05, 0.1) is 11.7 Å². The van der Waals surface area contributed by atoms with Crippen LogP contribution in [0.3, 0.4) is 0 Å². The summed E-state index contributed by atoms with van der Waals surface area (Å²) in [5, 5.41) is 10.5. The fourth-order valence-electron chi connectivity index (χ4n) is 1.72. The largest absolute Gasteiger partial charge is 0.322 e. The van der Waals surface area contributed by atoms with Crippen LogP contribution < -0.4 is 5.32 Å². The molecule has 1 amide bonds. The molecule has 0 unspecified atom stereocenters. The molecule has 0 bridgehead atoms. The van der Waals surface area contributed by atoms with Crippen LogP contribution in [0, 0.1) is 0 Å². The Kier molecular flexibility index (Phi) is 2.49. The van der Waals surface area contributed by atoms with E-state index in [2.05, 4.69) is 20.5 Å². The number of aromatic amines is 1. The number of benzene rings is 1. The molecule has 0 spiro atoms. The number of nitrogens with zero attached hydrogens (tertiary/aromatic N) is 2. The molecule has 3 aromatic rings. The van der Waals surface area contributed by atoms with E-state index in [0.717, 1.165) is 16.6 Å². The Hall–Kier alpha value is -2.69. The number of nitrogens with one attached hydrogen (secondary N) is 2. The van der Waals surface area contributed by atoms with Gasteiger partial charge in [-0.15, -0.1) is 0 Å². The number of H-pyrrole nitrogens is 1. The van der Waals surface area contributed by atoms with Crippen molar-refractivity contribution in [3.8, 4) is 0 Å². The van der Waals surface area contributed by atoms with Crippen LogP contribution in [0.1, 0.15) is 10.4 Å². The summed E-state index contributed by atoms with van der Waals surface area (Å²) in [5.74, 6) is -0.149. The van der Waals surface area contributed by atoms with Gasteiger partial charge in [-0.1, -0.05) is 0 Å². The third-order valence-corrected chi connectivity index (χ3v) is 2.64. The summed E-state index contributed by atoms with van der Waals surface area (Å²) in [7, 11) is 0. The van der Waals surface area contributed by atoms with Crippen molar-refractivity contribution >= 4 is 22.5 Å². The lowest BCUT2D eigenvalue weighted by Gasteiger charge is -2.04. The van der Waals surface area contributed by atoms with Gasteiger partial charge in [-0.2, -0.15) is 5.10 Å². The second-order valence-electron chi connectivity index (χ2n) is 3.86. The van der Waals surface area contributed by atoms with E-state index >= 15 is 0 Å². The molecule has 18 heavy (non-hydrogen) atoms. The van der Waals surface area contributed by atoms with Crippen LogP contribution >= 0.6 is 0 Å². The summed E-state index contributed by atoms with van der Waals surface area (Å²) in [6.07, 6.45) is 4.96. The summed E-state index contributed by atoms with van der Waals surface area (Å²) in [6.45, 7) is 0. The van der Waals surface area contributed by atoms with Gasteiger partial charge in [0, 0.05) is 29.0 Å². The fraction of sp³-hybridized carbons (Fsp3) is 0. The van der Waals surface area contributed by atoms with Gasteiger partial charge in [0.25, 0.3) is 5.91 Å². The number of aromatic nitrogens is 3. The first-order chi connectivity index (χ1) is 8.83. The first kappa shape index (κ1) is 10.5. The lowest BCUT2D eigenvalue weighted by Crippen LogP contribution is -2.11. The molecule has 0 aliphatic rings. The van der Waals surface area contributed by atoms with Gasteiger partial charge in [-0.3, -0.25) is 14.9 Å². The molecule has 2 aromatic heterocycles. The van der Waals surface area contributed by atoms with E-state index in [4.69, 9.17) is 0 Å². The first-order valence-corrected chi connectivity index (χ1v) is 5.47. The number of amides is 1. The van der Waals surface area contributed by atoms with Crippen LogP contribution in [0.2, 0.25) is 0 Å². The number of pyridine rings is 1. The number of anilines is 1. The summed E-state index contributed by atoms with van der Waals surface area (Å²) >= 11 is 0. The van der Waals surface area contributed by atoms with Crippen LogP contribution in [0.4, 0.5) is 5.69 Å². The summed E-state index contributed by atoms with van der Waals surface area (Å²) in [5.41, 5.74) is 2.23. The monoisotopic (exact) mass is 238 g/mol. The maximum Gasteiger partial charge on any atom is 0.255 e. The zero-order valence-electron chi connectivity index (χ0n) is 9.42. The van der Waals surface area contributed by atoms with Crippen LogP contribution in [0.15, 0.2) is 48.9 Å². The minimum Gasteiger partial charge on any atom is -0.322 e. The van der Waals surface area contributed by atoms with Crippen molar-refractivity contribution < 1.29 is 4.79 Å². The molecule has 0 fully saturated rings. The molecule has 5 heteroatoms. The second-order valence-corrected chi connectivity index (χ2v) is 3.86. The Balaban J connectivity index is 1.87. The van der Waals surface area contributed by atoms with Gasteiger partial charge in [0.1, 0.15) is 0 Å². The van der Waals surface area contributed by atoms with E-state index in [0.29, 0.717) is 5.56 Å². The van der Waals surface area contributed by atoms with Crippen molar-refractivity contribution in [1.82, 2.24) is 15.2 Å². The third kappa shape index (κ3) is 1.93. The van der Waals surface area contributed by atoms with E-state index in [-0.39, 0.29) is 5.91 Å².